The molecule has 0 radical (unpaired) electrons. The molecule has 2 atom stereocenters. The lowest BCUT2D eigenvalue weighted by Crippen LogP contribution is -2.38. The van der Waals surface area contributed by atoms with Gasteiger partial charge in [0, 0.05) is 25.0 Å². The van der Waals surface area contributed by atoms with Gasteiger partial charge in [0.15, 0.2) is 0 Å². The second kappa shape index (κ2) is 5.31. The SMILES string of the molecule is O=C(O)c1ccccc1S(=O)(=O)N1CC2CNCC2(CO)C1. The minimum absolute atomic E-state index is 0.0456. The average molecular weight is 326 g/mol. The number of aliphatic hydroxyl groups is 1. The van der Waals surface area contributed by atoms with E-state index in [4.69, 9.17) is 0 Å². The summed E-state index contributed by atoms with van der Waals surface area (Å²) >= 11 is 0. The molecule has 2 unspecified atom stereocenters. The summed E-state index contributed by atoms with van der Waals surface area (Å²) in [5.74, 6) is -1.22. The van der Waals surface area contributed by atoms with E-state index < -0.39 is 21.4 Å². The van der Waals surface area contributed by atoms with Crippen molar-refractivity contribution in [1.82, 2.24) is 9.62 Å². The lowest BCUT2D eigenvalue weighted by molar-refractivity contribution is 0.0692. The quantitative estimate of drug-likeness (QED) is 0.694. The molecule has 0 amide bonds. The van der Waals surface area contributed by atoms with Gasteiger partial charge in [-0.25, -0.2) is 13.2 Å². The Morgan fingerprint density at radius 2 is 2.14 bits per heavy atom. The van der Waals surface area contributed by atoms with Crippen molar-refractivity contribution in [3.05, 3.63) is 29.8 Å². The van der Waals surface area contributed by atoms with Crippen LogP contribution < -0.4 is 5.32 Å². The minimum Gasteiger partial charge on any atom is -0.478 e. The first-order chi connectivity index (χ1) is 10.4. The molecule has 3 N–H and O–H groups in total. The van der Waals surface area contributed by atoms with Crippen molar-refractivity contribution in [3.63, 3.8) is 0 Å². The van der Waals surface area contributed by atoms with Gasteiger partial charge in [-0.1, -0.05) is 12.1 Å². The van der Waals surface area contributed by atoms with E-state index in [9.17, 15) is 23.4 Å². The van der Waals surface area contributed by atoms with Crippen molar-refractivity contribution in [1.29, 1.82) is 0 Å². The van der Waals surface area contributed by atoms with Crippen molar-refractivity contribution >= 4 is 16.0 Å². The van der Waals surface area contributed by atoms with Gasteiger partial charge >= 0.3 is 5.97 Å². The molecule has 2 saturated heterocycles. The van der Waals surface area contributed by atoms with E-state index in [-0.39, 0.29) is 29.5 Å². The molecule has 0 bridgehead atoms. The summed E-state index contributed by atoms with van der Waals surface area (Å²) in [6.07, 6.45) is 0. The third-order valence-corrected chi connectivity index (χ3v) is 6.57. The molecule has 1 aromatic carbocycles. The second-order valence-corrected chi connectivity index (χ2v) is 7.85. The maximum Gasteiger partial charge on any atom is 0.337 e. The van der Waals surface area contributed by atoms with Crippen LogP contribution in [0.4, 0.5) is 0 Å². The molecule has 2 fully saturated rings. The standard InChI is InChI=1S/C14H18N2O5S/c17-9-14-7-15-5-10(14)6-16(8-14)22(20,21)12-4-2-1-3-11(12)13(18)19/h1-4,10,15,17H,5-9H2,(H,18,19). The fraction of sp³-hybridized carbons (Fsp3) is 0.500. The van der Waals surface area contributed by atoms with Crippen LogP contribution in [0.2, 0.25) is 0 Å². The molecule has 7 nitrogen and oxygen atoms in total. The van der Waals surface area contributed by atoms with Gasteiger partial charge in [-0.2, -0.15) is 4.31 Å². The number of fused-ring (bicyclic) bond motifs is 1. The van der Waals surface area contributed by atoms with Crippen molar-refractivity contribution in [3.8, 4) is 0 Å². The summed E-state index contributed by atoms with van der Waals surface area (Å²) in [7, 11) is -3.89. The Kier molecular flexibility index (Phi) is 3.72. The number of benzene rings is 1. The molecule has 0 aliphatic carbocycles. The fourth-order valence-electron chi connectivity index (χ4n) is 3.39. The number of sulfonamides is 1. The van der Waals surface area contributed by atoms with Crippen molar-refractivity contribution < 1.29 is 23.4 Å². The van der Waals surface area contributed by atoms with Gasteiger partial charge in [0.1, 0.15) is 0 Å². The van der Waals surface area contributed by atoms with E-state index in [0.29, 0.717) is 19.6 Å². The van der Waals surface area contributed by atoms with Gasteiger partial charge in [-0.05, 0) is 24.6 Å². The number of carboxylic acid groups (broad SMARTS) is 1. The molecule has 2 heterocycles. The third kappa shape index (κ3) is 2.23. The zero-order chi connectivity index (χ0) is 16.0. The largest absolute Gasteiger partial charge is 0.478 e. The molecule has 0 saturated carbocycles. The highest BCUT2D eigenvalue weighted by molar-refractivity contribution is 7.89. The number of aromatic carboxylic acids is 1. The zero-order valence-electron chi connectivity index (χ0n) is 11.9. The van der Waals surface area contributed by atoms with Crippen LogP contribution in [-0.2, 0) is 10.0 Å². The number of hydrogen-bond donors (Lipinski definition) is 3. The Labute approximate surface area is 128 Å². The normalized spacial score (nSPS) is 28.7. The summed E-state index contributed by atoms with van der Waals surface area (Å²) in [5, 5.41) is 22.0. The number of rotatable bonds is 4. The van der Waals surface area contributed by atoms with Crippen LogP contribution >= 0.6 is 0 Å². The van der Waals surface area contributed by atoms with Crippen molar-refractivity contribution in [2.24, 2.45) is 11.3 Å². The van der Waals surface area contributed by atoms with Crippen LogP contribution in [0.25, 0.3) is 0 Å². The highest BCUT2D eigenvalue weighted by atomic mass is 32.2. The van der Waals surface area contributed by atoms with Crippen LogP contribution in [0.1, 0.15) is 10.4 Å². The Balaban J connectivity index is 1.97. The van der Waals surface area contributed by atoms with Crippen LogP contribution in [0.5, 0.6) is 0 Å². The number of nitrogens with one attached hydrogen (secondary N) is 1. The molecule has 0 aromatic heterocycles. The summed E-state index contributed by atoms with van der Waals surface area (Å²) in [4.78, 5) is 11.1. The third-order valence-electron chi connectivity index (χ3n) is 4.70. The van der Waals surface area contributed by atoms with Gasteiger partial charge in [0.25, 0.3) is 0 Å². The van der Waals surface area contributed by atoms with Gasteiger partial charge < -0.3 is 15.5 Å². The Morgan fingerprint density at radius 3 is 2.77 bits per heavy atom. The molecule has 2 aliphatic rings. The molecular formula is C14H18N2O5S. The number of carboxylic acids is 1. The number of carbonyl (C=O) groups is 1. The Bertz CT molecular complexity index is 705. The predicted octanol–water partition coefficient (Wildman–Crippen LogP) is -0.413. The monoisotopic (exact) mass is 326 g/mol. The van der Waals surface area contributed by atoms with Crippen LogP contribution in [0.3, 0.4) is 0 Å². The summed E-state index contributed by atoms with van der Waals surface area (Å²) < 4.78 is 26.9. The Morgan fingerprint density at radius 1 is 1.41 bits per heavy atom. The number of nitrogens with zero attached hydrogens (tertiary/aromatic N) is 1. The molecule has 22 heavy (non-hydrogen) atoms. The maximum absolute atomic E-state index is 12.8. The first-order valence-electron chi connectivity index (χ1n) is 7.05. The summed E-state index contributed by atoms with van der Waals surface area (Å²) in [5.41, 5.74) is -0.693. The molecule has 120 valence electrons. The molecule has 1 aromatic rings. The molecule has 3 rings (SSSR count). The molecule has 8 heteroatoms. The highest BCUT2D eigenvalue weighted by Crippen LogP contribution is 2.41. The van der Waals surface area contributed by atoms with Crippen LogP contribution in [-0.4, -0.2) is 61.7 Å². The minimum atomic E-state index is -3.89. The number of aliphatic hydroxyl groups excluding tert-OH is 1. The zero-order valence-corrected chi connectivity index (χ0v) is 12.7. The van der Waals surface area contributed by atoms with Crippen LogP contribution in [0.15, 0.2) is 29.2 Å². The Hall–Kier alpha value is -1.48. The fourth-order valence-corrected chi connectivity index (χ4v) is 5.15. The predicted molar refractivity (Wildman–Crippen MR) is 78.0 cm³/mol. The second-order valence-electron chi connectivity index (χ2n) is 5.95. The van der Waals surface area contributed by atoms with E-state index in [2.05, 4.69) is 5.32 Å². The lowest BCUT2D eigenvalue weighted by atomic mass is 9.82. The molecule has 2 aliphatic heterocycles. The average Bonchev–Trinajstić information content (AvgIpc) is 3.04. The molecule has 0 spiro atoms. The topological polar surface area (TPSA) is 107 Å². The summed E-state index contributed by atoms with van der Waals surface area (Å²) in [6, 6.07) is 5.62. The summed E-state index contributed by atoms with van der Waals surface area (Å²) in [6.45, 7) is 1.65. The maximum atomic E-state index is 12.8. The van der Waals surface area contributed by atoms with Gasteiger partial charge in [-0.15, -0.1) is 0 Å². The number of hydrogen-bond acceptors (Lipinski definition) is 5. The van der Waals surface area contributed by atoms with Crippen LogP contribution in [0, 0.1) is 11.3 Å². The van der Waals surface area contributed by atoms with E-state index in [1.165, 1.54) is 28.6 Å². The van der Waals surface area contributed by atoms with Crippen molar-refractivity contribution in [2.75, 3.05) is 32.8 Å². The first kappa shape index (κ1) is 15.4. The highest BCUT2D eigenvalue weighted by Gasteiger charge is 2.52. The van der Waals surface area contributed by atoms with E-state index in [1.807, 2.05) is 0 Å². The van der Waals surface area contributed by atoms with E-state index >= 15 is 0 Å². The first-order valence-corrected chi connectivity index (χ1v) is 8.49. The lowest BCUT2D eigenvalue weighted by Gasteiger charge is -2.25. The molecular weight excluding hydrogens is 308 g/mol. The van der Waals surface area contributed by atoms with E-state index in [0.717, 1.165) is 0 Å². The van der Waals surface area contributed by atoms with Gasteiger partial charge in [0.2, 0.25) is 10.0 Å². The van der Waals surface area contributed by atoms with Gasteiger partial charge in [-0.3, -0.25) is 0 Å². The van der Waals surface area contributed by atoms with E-state index in [1.54, 1.807) is 0 Å². The smallest absolute Gasteiger partial charge is 0.337 e. The van der Waals surface area contributed by atoms with Gasteiger partial charge in [0.05, 0.1) is 17.1 Å². The van der Waals surface area contributed by atoms with Crippen molar-refractivity contribution in [2.45, 2.75) is 4.90 Å².